The molecule has 0 aromatic carbocycles. The minimum absolute atomic E-state index is 0.344. The lowest BCUT2D eigenvalue weighted by molar-refractivity contribution is -0.173. The Morgan fingerprint density at radius 2 is 1.26 bits per heavy atom. The van der Waals surface area contributed by atoms with Crippen molar-refractivity contribution in [1.29, 1.82) is 0 Å². The van der Waals surface area contributed by atoms with Gasteiger partial charge in [-0.2, -0.15) is 0 Å². The molecule has 0 atom stereocenters. The van der Waals surface area contributed by atoms with E-state index in [1.165, 1.54) is 0 Å². The normalized spacial score (nSPS) is 10.9. The van der Waals surface area contributed by atoms with Crippen molar-refractivity contribution in [1.82, 2.24) is 0 Å². The highest BCUT2D eigenvalue weighted by Crippen LogP contribution is 2.17. The van der Waals surface area contributed by atoms with E-state index in [2.05, 4.69) is 9.47 Å². The van der Waals surface area contributed by atoms with Gasteiger partial charge in [0.2, 0.25) is 0 Å². The molecule has 0 amide bonds. The minimum atomic E-state index is -2.65. The summed E-state index contributed by atoms with van der Waals surface area (Å²) in [6.45, 7) is -1.58. The average Bonchev–Trinajstić information content (AvgIpc) is 2.33. The zero-order valence-corrected chi connectivity index (χ0v) is 10.1. The van der Waals surface area contributed by atoms with E-state index in [9.17, 15) is 19.5 Å². The standard InChI is InChI=1S/C10H16O9/c11-1-3-18-7(13)5-10(17,9(15)16)6-8(14)19-4-2-12/h11-12,17H,1-6H2,(H,15,16). The number of carboxylic acids is 1. The van der Waals surface area contributed by atoms with Gasteiger partial charge in [0, 0.05) is 0 Å². The van der Waals surface area contributed by atoms with Crippen LogP contribution in [0.5, 0.6) is 0 Å². The summed E-state index contributed by atoms with van der Waals surface area (Å²) >= 11 is 0. The highest BCUT2D eigenvalue weighted by Gasteiger charge is 2.41. The van der Waals surface area contributed by atoms with Gasteiger partial charge in [0.15, 0.2) is 5.60 Å². The molecular formula is C10H16O9. The third-order valence-corrected chi connectivity index (χ3v) is 1.98. The quantitative estimate of drug-likeness (QED) is 0.340. The van der Waals surface area contributed by atoms with Crippen molar-refractivity contribution in [2.24, 2.45) is 0 Å². The second-order valence-corrected chi connectivity index (χ2v) is 3.58. The molecule has 0 rings (SSSR count). The Hall–Kier alpha value is -1.71. The maximum Gasteiger partial charge on any atom is 0.336 e. The van der Waals surface area contributed by atoms with E-state index in [-0.39, 0.29) is 13.2 Å². The smallest absolute Gasteiger partial charge is 0.336 e. The second kappa shape index (κ2) is 8.40. The molecule has 4 N–H and O–H groups in total. The molecule has 0 saturated heterocycles. The summed E-state index contributed by atoms with van der Waals surface area (Å²) in [5.74, 6) is -3.93. The van der Waals surface area contributed by atoms with Gasteiger partial charge in [-0.05, 0) is 0 Å². The van der Waals surface area contributed by atoms with E-state index in [1.54, 1.807) is 0 Å². The number of carboxylic acid groups (broad SMARTS) is 1. The summed E-state index contributed by atoms with van der Waals surface area (Å²) in [5.41, 5.74) is -2.65. The number of aliphatic hydroxyl groups is 3. The average molecular weight is 280 g/mol. The van der Waals surface area contributed by atoms with Crippen LogP contribution < -0.4 is 0 Å². The fourth-order valence-electron chi connectivity index (χ4n) is 1.11. The molecule has 0 radical (unpaired) electrons. The van der Waals surface area contributed by atoms with Gasteiger partial charge in [0.1, 0.15) is 13.2 Å². The predicted octanol–water partition coefficient (Wildman–Crippen LogP) is -2.35. The predicted molar refractivity (Wildman–Crippen MR) is 57.9 cm³/mol. The van der Waals surface area contributed by atoms with Crippen LogP contribution in [0.25, 0.3) is 0 Å². The zero-order chi connectivity index (χ0) is 14.9. The highest BCUT2D eigenvalue weighted by atomic mass is 16.5. The Morgan fingerprint density at radius 3 is 1.53 bits per heavy atom. The Kier molecular flexibility index (Phi) is 7.65. The Bertz CT molecular complexity index is 303. The fourth-order valence-corrected chi connectivity index (χ4v) is 1.11. The summed E-state index contributed by atoms with van der Waals surface area (Å²) in [4.78, 5) is 33.2. The fraction of sp³-hybridized carbons (Fsp3) is 0.700. The lowest BCUT2D eigenvalue weighted by Gasteiger charge is -2.21. The van der Waals surface area contributed by atoms with Crippen LogP contribution in [-0.2, 0) is 23.9 Å². The molecule has 110 valence electrons. The molecule has 0 aliphatic rings. The van der Waals surface area contributed by atoms with E-state index in [4.69, 9.17) is 15.3 Å². The molecule has 9 nitrogen and oxygen atoms in total. The molecule has 0 bridgehead atoms. The lowest BCUT2D eigenvalue weighted by atomic mass is 9.96. The van der Waals surface area contributed by atoms with Crippen molar-refractivity contribution in [2.45, 2.75) is 18.4 Å². The van der Waals surface area contributed by atoms with Gasteiger partial charge in [-0.3, -0.25) is 9.59 Å². The van der Waals surface area contributed by atoms with E-state index in [0.717, 1.165) is 0 Å². The molecule has 0 aromatic rings. The van der Waals surface area contributed by atoms with E-state index in [0.29, 0.717) is 0 Å². The minimum Gasteiger partial charge on any atom is -0.479 e. The van der Waals surface area contributed by atoms with Crippen molar-refractivity contribution < 1.29 is 44.3 Å². The first kappa shape index (κ1) is 17.3. The number of aliphatic carboxylic acids is 1. The van der Waals surface area contributed by atoms with Crippen molar-refractivity contribution in [3.05, 3.63) is 0 Å². The summed E-state index contributed by atoms with van der Waals surface area (Å²) in [5, 5.41) is 35.3. The van der Waals surface area contributed by atoms with Crippen molar-refractivity contribution in [2.75, 3.05) is 26.4 Å². The van der Waals surface area contributed by atoms with Gasteiger partial charge in [0.05, 0.1) is 26.1 Å². The number of ether oxygens (including phenoxy) is 2. The number of rotatable bonds is 9. The third-order valence-electron chi connectivity index (χ3n) is 1.98. The van der Waals surface area contributed by atoms with Gasteiger partial charge in [-0.25, -0.2) is 4.79 Å². The molecule has 0 spiro atoms. The van der Waals surface area contributed by atoms with E-state index in [1.807, 2.05) is 0 Å². The second-order valence-electron chi connectivity index (χ2n) is 3.58. The summed E-state index contributed by atoms with van der Waals surface area (Å²) < 4.78 is 8.79. The topological polar surface area (TPSA) is 151 Å². The number of hydrogen-bond donors (Lipinski definition) is 4. The number of hydrogen-bond acceptors (Lipinski definition) is 8. The SMILES string of the molecule is O=C(CC(O)(CC(=O)OCCO)C(=O)O)OCCO. The summed E-state index contributed by atoms with van der Waals surface area (Å²) in [6, 6.07) is 0. The largest absolute Gasteiger partial charge is 0.479 e. The molecule has 0 heterocycles. The highest BCUT2D eigenvalue weighted by molar-refractivity contribution is 5.88. The molecule has 19 heavy (non-hydrogen) atoms. The monoisotopic (exact) mass is 280 g/mol. The Balaban J connectivity index is 4.53. The molecule has 0 aromatic heterocycles. The number of carbonyl (C=O) groups excluding carboxylic acids is 2. The van der Waals surface area contributed by atoms with Crippen LogP contribution in [0.1, 0.15) is 12.8 Å². The maximum atomic E-state index is 11.2. The van der Waals surface area contributed by atoms with Crippen molar-refractivity contribution in [3.63, 3.8) is 0 Å². The Labute approximate surface area is 108 Å². The van der Waals surface area contributed by atoms with Gasteiger partial charge in [0.25, 0.3) is 0 Å². The van der Waals surface area contributed by atoms with Gasteiger partial charge in [-0.15, -0.1) is 0 Å². The number of aliphatic hydroxyl groups excluding tert-OH is 2. The molecular weight excluding hydrogens is 264 g/mol. The van der Waals surface area contributed by atoms with Gasteiger partial charge >= 0.3 is 17.9 Å². The Morgan fingerprint density at radius 1 is 0.895 bits per heavy atom. The molecule has 9 heteroatoms. The molecule has 0 unspecified atom stereocenters. The van der Waals surface area contributed by atoms with E-state index >= 15 is 0 Å². The van der Waals surface area contributed by atoms with Crippen LogP contribution in [0.4, 0.5) is 0 Å². The molecule has 0 fully saturated rings. The number of esters is 2. The molecule has 0 saturated carbocycles. The first-order valence-electron chi connectivity index (χ1n) is 5.34. The maximum absolute atomic E-state index is 11.2. The first-order valence-corrected chi connectivity index (χ1v) is 5.34. The van der Waals surface area contributed by atoms with Crippen LogP contribution in [-0.4, -0.2) is 70.4 Å². The lowest BCUT2D eigenvalue weighted by Crippen LogP contribution is -2.43. The van der Waals surface area contributed by atoms with Crippen LogP contribution in [0.2, 0.25) is 0 Å². The van der Waals surface area contributed by atoms with Crippen LogP contribution >= 0.6 is 0 Å². The van der Waals surface area contributed by atoms with Gasteiger partial charge < -0.3 is 29.9 Å². The molecule has 0 aliphatic heterocycles. The summed E-state index contributed by atoms with van der Waals surface area (Å²) in [7, 11) is 0. The van der Waals surface area contributed by atoms with Crippen molar-refractivity contribution >= 4 is 17.9 Å². The summed E-state index contributed by atoms with van der Waals surface area (Å²) in [6.07, 6.45) is -1.92. The number of carbonyl (C=O) groups is 3. The first-order chi connectivity index (χ1) is 8.85. The third kappa shape index (κ3) is 6.70. The van der Waals surface area contributed by atoms with Crippen LogP contribution in [0.15, 0.2) is 0 Å². The van der Waals surface area contributed by atoms with Crippen molar-refractivity contribution in [3.8, 4) is 0 Å². The van der Waals surface area contributed by atoms with Crippen LogP contribution in [0.3, 0.4) is 0 Å². The van der Waals surface area contributed by atoms with E-state index < -0.39 is 49.6 Å². The molecule has 0 aliphatic carbocycles. The van der Waals surface area contributed by atoms with Gasteiger partial charge in [-0.1, -0.05) is 0 Å². The zero-order valence-electron chi connectivity index (χ0n) is 10.1. The van der Waals surface area contributed by atoms with Crippen LogP contribution in [0, 0.1) is 0 Å².